The summed E-state index contributed by atoms with van der Waals surface area (Å²) in [5, 5.41) is 5.56. The fraction of sp³-hybridized carbons (Fsp3) is 0.292. The predicted octanol–water partition coefficient (Wildman–Crippen LogP) is 4.11. The molecule has 0 N–H and O–H groups in total. The second kappa shape index (κ2) is 7.98. The number of ether oxygens (including phenoxy) is 1. The molecule has 6 nitrogen and oxygen atoms in total. The lowest BCUT2D eigenvalue weighted by Gasteiger charge is -2.09. The van der Waals surface area contributed by atoms with Crippen molar-refractivity contribution in [2.24, 2.45) is 7.05 Å². The summed E-state index contributed by atoms with van der Waals surface area (Å²) in [7, 11) is 2.10. The van der Waals surface area contributed by atoms with Crippen molar-refractivity contribution in [1.29, 1.82) is 0 Å². The van der Waals surface area contributed by atoms with E-state index in [0.29, 0.717) is 11.4 Å². The van der Waals surface area contributed by atoms with Crippen LogP contribution in [-0.4, -0.2) is 19.3 Å². The van der Waals surface area contributed by atoms with E-state index in [1.165, 1.54) is 58.9 Å². The van der Waals surface area contributed by atoms with Crippen LogP contribution in [0.3, 0.4) is 0 Å². The SMILES string of the molecule is Cn1c2c(c3ccc(-n4ncc(OCc5ccc(F)cn5)cc4=O)cc31)CCCCC2. The summed E-state index contributed by atoms with van der Waals surface area (Å²) in [5.41, 5.74) is 4.99. The lowest BCUT2D eigenvalue weighted by molar-refractivity contribution is 0.298. The van der Waals surface area contributed by atoms with Crippen LogP contribution in [0.5, 0.6) is 5.75 Å². The van der Waals surface area contributed by atoms with E-state index in [9.17, 15) is 9.18 Å². The quantitative estimate of drug-likeness (QED) is 0.468. The number of nitrogens with zero attached hydrogens (tertiary/aromatic N) is 4. The molecule has 1 aliphatic carbocycles. The zero-order valence-electron chi connectivity index (χ0n) is 17.3. The van der Waals surface area contributed by atoms with Crippen molar-refractivity contribution in [3.63, 3.8) is 0 Å². The minimum atomic E-state index is -0.403. The molecule has 0 amide bonds. The summed E-state index contributed by atoms with van der Waals surface area (Å²) < 4.78 is 22.2. The highest BCUT2D eigenvalue weighted by atomic mass is 19.1. The highest BCUT2D eigenvalue weighted by Crippen LogP contribution is 2.31. The molecule has 3 heterocycles. The number of pyridine rings is 1. The highest BCUT2D eigenvalue weighted by Gasteiger charge is 2.18. The van der Waals surface area contributed by atoms with Crippen molar-refractivity contribution < 1.29 is 9.13 Å². The van der Waals surface area contributed by atoms with E-state index in [-0.39, 0.29) is 12.2 Å². The molecule has 4 aromatic rings. The molecular weight excluding hydrogens is 395 g/mol. The molecule has 5 rings (SSSR count). The number of aryl methyl sites for hydroxylation is 2. The second-order valence-electron chi connectivity index (χ2n) is 7.94. The molecule has 0 saturated heterocycles. The molecule has 0 saturated carbocycles. The summed E-state index contributed by atoms with van der Waals surface area (Å²) >= 11 is 0. The molecule has 1 aliphatic rings. The Morgan fingerprint density at radius 3 is 2.74 bits per heavy atom. The first-order valence-electron chi connectivity index (χ1n) is 10.5. The number of aromatic nitrogens is 4. The van der Waals surface area contributed by atoms with E-state index in [0.717, 1.165) is 30.2 Å². The van der Waals surface area contributed by atoms with Gasteiger partial charge >= 0.3 is 0 Å². The molecule has 0 radical (unpaired) electrons. The van der Waals surface area contributed by atoms with Gasteiger partial charge < -0.3 is 9.30 Å². The van der Waals surface area contributed by atoms with Crippen LogP contribution in [0.25, 0.3) is 16.6 Å². The molecule has 3 aromatic heterocycles. The van der Waals surface area contributed by atoms with Gasteiger partial charge in [-0.05, 0) is 55.5 Å². The Labute approximate surface area is 178 Å². The first-order valence-corrected chi connectivity index (χ1v) is 10.5. The Morgan fingerprint density at radius 2 is 1.94 bits per heavy atom. The number of hydrogen-bond donors (Lipinski definition) is 0. The first kappa shape index (κ1) is 19.5. The normalized spacial score (nSPS) is 13.7. The van der Waals surface area contributed by atoms with Gasteiger partial charge in [0.1, 0.15) is 18.2 Å². The Balaban J connectivity index is 1.42. The van der Waals surface area contributed by atoms with Gasteiger partial charge in [0.15, 0.2) is 0 Å². The van der Waals surface area contributed by atoms with Crippen LogP contribution >= 0.6 is 0 Å². The summed E-state index contributed by atoms with van der Waals surface area (Å²) in [5.74, 6) is -0.0568. The Morgan fingerprint density at radius 1 is 1.06 bits per heavy atom. The fourth-order valence-electron chi connectivity index (χ4n) is 4.37. The van der Waals surface area contributed by atoms with E-state index in [1.807, 2.05) is 12.1 Å². The lowest BCUT2D eigenvalue weighted by Crippen LogP contribution is -2.20. The number of hydrogen-bond acceptors (Lipinski definition) is 4. The number of rotatable bonds is 4. The Bertz CT molecular complexity index is 1310. The molecule has 0 bridgehead atoms. The third-order valence-corrected chi connectivity index (χ3v) is 5.96. The van der Waals surface area contributed by atoms with Crippen molar-refractivity contribution >= 4 is 10.9 Å². The molecule has 0 unspecified atom stereocenters. The van der Waals surface area contributed by atoms with Crippen molar-refractivity contribution in [2.75, 3.05) is 0 Å². The number of halogens is 1. The first-order chi connectivity index (χ1) is 15.1. The summed E-state index contributed by atoms with van der Waals surface area (Å²) in [6.07, 6.45) is 8.58. The lowest BCUT2D eigenvalue weighted by atomic mass is 10.1. The van der Waals surface area contributed by atoms with Gasteiger partial charge in [-0.25, -0.2) is 4.39 Å². The van der Waals surface area contributed by atoms with Gasteiger partial charge in [0.2, 0.25) is 0 Å². The molecule has 158 valence electrons. The summed E-state index contributed by atoms with van der Waals surface area (Å²) in [4.78, 5) is 16.7. The second-order valence-corrected chi connectivity index (χ2v) is 7.94. The number of benzene rings is 1. The summed E-state index contributed by atoms with van der Waals surface area (Å²) in [6.45, 7) is 0.131. The fourth-order valence-corrected chi connectivity index (χ4v) is 4.37. The largest absolute Gasteiger partial charge is 0.485 e. The van der Waals surface area contributed by atoms with Crippen LogP contribution in [0, 0.1) is 5.82 Å². The van der Waals surface area contributed by atoms with Gasteiger partial charge in [0, 0.05) is 24.2 Å². The molecule has 0 spiro atoms. The zero-order valence-corrected chi connectivity index (χ0v) is 17.3. The van der Waals surface area contributed by atoms with Crippen LogP contribution < -0.4 is 10.3 Å². The molecular formula is C24H23FN4O2. The van der Waals surface area contributed by atoms with Gasteiger partial charge in [-0.1, -0.05) is 12.5 Å². The highest BCUT2D eigenvalue weighted by molar-refractivity contribution is 5.87. The monoisotopic (exact) mass is 418 g/mol. The molecule has 0 fully saturated rings. The Hall–Kier alpha value is -3.48. The van der Waals surface area contributed by atoms with Gasteiger partial charge in [0.25, 0.3) is 5.56 Å². The smallest absolute Gasteiger partial charge is 0.275 e. The minimum absolute atomic E-state index is 0.131. The zero-order chi connectivity index (χ0) is 21.4. The third-order valence-electron chi connectivity index (χ3n) is 5.96. The topological polar surface area (TPSA) is 61.9 Å². The average Bonchev–Trinajstić information content (AvgIpc) is 2.93. The molecule has 0 aliphatic heterocycles. The minimum Gasteiger partial charge on any atom is -0.485 e. The van der Waals surface area contributed by atoms with Crippen molar-refractivity contribution in [2.45, 2.75) is 38.7 Å². The van der Waals surface area contributed by atoms with Crippen molar-refractivity contribution in [1.82, 2.24) is 19.3 Å². The van der Waals surface area contributed by atoms with Crippen LogP contribution in [0.4, 0.5) is 4.39 Å². The van der Waals surface area contributed by atoms with Crippen LogP contribution in [-0.2, 0) is 26.5 Å². The predicted molar refractivity (Wildman–Crippen MR) is 116 cm³/mol. The maximum Gasteiger partial charge on any atom is 0.275 e. The van der Waals surface area contributed by atoms with E-state index < -0.39 is 5.82 Å². The van der Waals surface area contributed by atoms with Gasteiger partial charge in [0.05, 0.1) is 29.3 Å². The van der Waals surface area contributed by atoms with Crippen molar-refractivity contribution in [3.05, 3.63) is 81.9 Å². The average molecular weight is 418 g/mol. The van der Waals surface area contributed by atoms with E-state index in [4.69, 9.17) is 4.74 Å². The van der Waals surface area contributed by atoms with Gasteiger partial charge in [-0.15, -0.1) is 0 Å². The van der Waals surface area contributed by atoms with E-state index in [2.05, 4.69) is 27.8 Å². The van der Waals surface area contributed by atoms with E-state index in [1.54, 1.807) is 6.07 Å². The van der Waals surface area contributed by atoms with Gasteiger partial charge in [-0.3, -0.25) is 9.78 Å². The molecule has 0 atom stereocenters. The maximum atomic E-state index is 13.0. The molecule has 1 aromatic carbocycles. The van der Waals surface area contributed by atoms with Crippen LogP contribution in [0.1, 0.15) is 36.2 Å². The van der Waals surface area contributed by atoms with Crippen LogP contribution in [0.2, 0.25) is 0 Å². The standard InChI is InChI=1S/C24H23FN4O2/c1-28-22-6-4-2-3-5-20(22)21-10-9-18(11-23(21)28)29-24(30)12-19(14-27-29)31-15-17-8-7-16(25)13-26-17/h7-14H,2-6,15H2,1H3. The Kier molecular flexibility index (Phi) is 5.02. The van der Waals surface area contributed by atoms with Gasteiger partial charge in [-0.2, -0.15) is 9.78 Å². The van der Waals surface area contributed by atoms with Crippen LogP contribution in [0.15, 0.2) is 53.6 Å². The molecule has 31 heavy (non-hydrogen) atoms. The molecule has 7 heteroatoms. The summed E-state index contributed by atoms with van der Waals surface area (Å²) in [6, 6.07) is 10.3. The maximum absolute atomic E-state index is 13.0. The van der Waals surface area contributed by atoms with Crippen molar-refractivity contribution in [3.8, 4) is 11.4 Å². The van der Waals surface area contributed by atoms with E-state index >= 15 is 0 Å². The number of fused-ring (bicyclic) bond motifs is 3. The third kappa shape index (κ3) is 3.71.